The first-order valence-electron chi connectivity index (χ1n) is 7.88. The van der Waals surface area contributed by atoms with Gasteiger partial charge in [0.1, 0.15) is 0 Å². The molecule has 0 saturated carbocycles. The van der Waals surface area contributed by atoms with Crippen molar-refractivity contribution in [3.05, 3.63) is 22.4 Å². The van der Waals surface area contributed by atoms with Gasteiger partial charge in [0.2, 0.25) is 0 Å². The Kier molecular flexibility index (Phi) is 9.54. The minimum Gasteiger partial charge on any atom is -0.466 e. The molecule has 0 aromatic carbocycles. The molecule has 1 aromatic rings. The highest BCUT2D eigenvalue weighted by Gasteiger charge is 2.28. The molecule has 0 bridgehead atoms. The van der Waals surface area contributed by atoms with Crippen LogP contribution in [0.1, 0.15) is 25.3 Å². The molecule has 0 aliphatic carbocycles. The molecular formula is C16H26IN3O2S. The maximum atomic E-state index is 11.9. The van der Waals surface area contributed by atoms with Crippen LogP contribution < -0.4 is 5.32 Å². The number of hydrogen-bond donors (Lipinski definition) is 1. The molecule has 0 amide bonds. The zero-order valence-electron chi connectivity index (χ0n) is 13.8. The van der Waals surface area contributed by atoms with Crippen molar-refractivity contribution in [3.63, 3.8) is 0 Å². The van der Waals surface area contributed by atoms with Crippen LogP contribution in [0, 0.1) is 5.92 Å². The van der Waals surface area contributed by atoms with Crippen molar-refractivity contribution in [1.82, 2.24) is 10.2 Å². The van der Waals surface area contributed by atoms with Gasteiger partial charge in [-0.15, -0.1) is 24.0 Å². The van der Waals surface area contributed by atoms with Gasteiger partial charge in [-0.2, -0.15) is 11.3 Å². The summed E-state index contributed by atoms with van der Waals surface area (Å²) in [6, 6.07) is 2.15. The Morgan fingerprint density at radius 1 is 1.57 bits per heavy atom. The van der Waals surface area contributed by atoms with Crippen LogP contribution in [0.3, 0.4) is 0 Å². The number of hydrogen-bond acceptors (Lipinski definition) is 4. The fourth-order valence-corrected chi connectivity index (χ4v) is 3.41. The van der Waals surface area contributed by atoms with Crippen LogP contribution in [0.4, 0.5) is 0 Å². The van der Waals surface area contributed by atoms with Crippen molar-refractivity contribution in [1.29, 1.82) is 0 Å². The maximum Gasteiger partial charge on any atom is 0.310 e. The predicted molar refractivity (Wildman–Crippen MR) is 106 cm³/mol. The first-order valence-corrected chi connectivity index (χ1v) is 8.82. The highest BCUT2D eigenvalue weighted by atomic mass is 127. The number of likely N-dealkylation sites (tertiary alicyclic amines) is 1. The molecule has 5 nitrogen and oxygen atoms in total. The summed E-state index contributed by atoms with van der Waals surface area (Å²) in [5.41, 5.74) is 1.34. The minimum absolute atomic E-state index is 0. The number of nitrogens with one attached hydrogen (secondary N) is 1. The van der Waals surface area contributed by atoms with Gasteiger partial charge in [-0.3, -0.25) is 9.79 Å². The van der Waals surface area contributed by atoms with Gasteiger partial charge in [0.05, 0.1) is 12.5 Å². The molecule has 2 rings (SSSR count). The molecule has 1 aromatic heterocycles. The van der Waals surface area contributed by atoms with Crippen LogP contribution in [0.15, 0.2) is 21.8 Å². The number of guanidine groups is 1. The van der Waals surface area contributed by atoms with Crippen LogP contribution in [-0.4, -0.2) is 50.1 Å². The van der Waals surface area contributed by atoms with Crippen molar-refractivity contribution in [3.8, 4) is 0 Å². The summed E-state index contributed by atoms with van der Waals surface area (Å²) < 4.78 is 5.15. The number of carbonyl (C=O) groups is 1. The van der Waals surface area contributed by atoms with E-state index in [1.165, 1.54) is 5.56 Å². The summed E-state index contributed by atoms with van der Waals surface area (Å²) in [4.78, 5) is 18.4. The monoisotopic (exact) mass is 451 g/mol. The van der Waals surface area contributed by atoms with E-state index in [0.717, 1.165) is 38.3 Å². The lowest BCUT2D eigenvalue weighted by atomic mass is 9.98. The Bertz CT molecular complexity index is 494. The Morgan fingerprint density at radius 3 is 3.04 bits per heavy atom. The number of thiophene rings is 1. The van der Waals surface area contributed by atoms with Gasteiger partial charge in [0.25, 0.3) is 0 Å². The lowest BCUT2D eigenvalue weighted by Gasteiger charge is -2.33. The van der Waals surface area contributed by atoms with Gasteiger partial charge in [0.15, 0.2) is 5.96 Å². The van der Waals surface area contributed by atoms with Crippen molar-refractivity contribution in [2.75, 3.05) is 33.3 Å². The molecular weight excluding hydrogens is 425 g/mol. The number of nitrogens with zero attached hydrogens (tertiary/aromatic N) is 2. The number of piperidine rings is 1. The topological polar surface area (TPSA) is 53.9 Å². The minimum atomic E-state index is -0.0825. The molecule has 1 N–H and O–H groups in total. The van der Waals surface area contributed by atoms with Crippen LogP contribution in [0.5, 0.6) is 0 Å². The van der Waals surface area contributed by atoms with E-state index < -0.39 is 0 Å². The van der Waals surface area contributed by atoms with E-state index in [4.69, 9.17) is 4.74 Å². The number of ether oxygens (including phenoxy) is 1. The largest absolute Gasteiger partial charge is 0.466 e. The van der Waals surface area contributed by atoms with E-state index in [1.807, 2.05) is 6.92 Å². The van der Waals surface area contributed by atoms with E-state index in [9.17, 15) is 4.79 Å². The van der Waals surface area contributed by atoms with Gasteiger partial charge in [-0.05, 0) is 48.6 Å². The van der Waals surface area contributed by atoms with Crippen molar-refractivity contribution < 1.29 is 9.53 Å². The second kappa shape index (κ2) is 10.9. The second-order valence-corrected chi connectivity index (χ2v) is 6.17. The Balaban J connectivity index is 0.00000264. The van der Waals surface area contributed by atoms with Crippen LogP contribution >= 0.6 is 35.3 Å². The predicted octanol–water partition coefficient (Wildman–Crippen LogP) is 2.76. The molecule has 0 radical (unpaired) electrons. The highest BCUT2D eigenvalue weighted by molar-refractivity contribution is 14.0. The number of esters is 1. The van der Waals surface area contributed by atoms with Crippen molar-refractivity contribution in [2.45, 2.75) is 26.2 Å². The maximum absolute atomic E-state index is 11.9. The average Bonchev–Trinajstić information content (AvgIpc) is 3.05. The van der Waals surface area contributed by atoms with E-state index in [0.29, 0.717) is 13.2 Å². The van der Waals surface area contributed by atoms with Crippen molar-refractivity contribution in [2.24, 2.45) is 10.9 Å². The number of aliphatic imine (C=N–C) groups is 1. The average molecular weight is 451 g/mol. The first-order chi connectivity index (χ1) is 10.7. The molecule has 1 atom stereocenters. The van der Waals surface area contributed by atoms with Crippen molar-refractivity contribution >= 4 is 47.2 Å². The van der Waals surface area contributed by atoms with E-state index >= 15 is 0 Å². The summed E-state index contributed by atoms with van der Waals surface area (Å²) in [5, 5.41) is 7.66. The fourth-order valence-electron chi connectivity index (χ4n) is 2.71. The number of rotatable bonds is 5. The zero-order valence-corrected chi connectivity index (χ0v) is 16.9. The lowest BCUT2D eigenvalue weighted by Crippen LogP contribution is -2.48. The summed E-state index contributed by atoms with van der Waals surface area (Å²) in [6.45, 7) is 4.78. The molecule has 130 valence electrons. The fraction of sp³-hybridized carbons (Fsp3) is 0.625. The number of carbonyl (C=O) groups excluding carboxylic acids is 1. The second-order valence-electron chi connectivity index (χ2n) is 5.39. The third-order valence-electron chi connectivity index (χ3n) is 3.83. The molecule has 1 fully saturated rings. The third-order valence-corrected chi connectivity index (χ3v) is 4.56. The van der Waals surface area contributed by atoms with Gasteiger partial charge < -0.3 is 15.0 Å². The summed E-state index contributed by atoms with van der Waals surface area (Å²) in [6.07, 6.45) is 2.88. The third kappa shape index (κ3) is 6.29. The summed E-state index contributed by atoms with van der Waals surface area (Å²) in [5.74, 6) is 0.759. The lowest BCUT2D eigenvalue weighted by molar-refractivity contribution is -0.149. The smallest absolute Gasteiger partial charge is 0.310 e. The van der Waals surface area contributed by atoms with Crippen LogP contribution in [0.2, 0.25) is 0 Å². The SMILES string of the molecule is CCOC(=O)[C@H]1CCCN(C(=NC)NCCc2ccsc2)C1.I. The number of halogens is 1. The molecule has 1 aliphatic rings. The molecule has 7 heteroatoms. The Hall–Kier alpha value is -0.830. The van der Waals surface area contributed by atoms with Crippen LogP contribution in [-0.2, 0) is 16.0 Å². The van der Waals surface area contributed by atoms with Gasteiger partial charge in [-0.1, -0.05) is 0 Å². The highest BCUT2D eigenvalue weighted by Crippen LogP contribution is 2.18. The molecule has 0 unspecified atom stereocenters. The zero-order chi connectivity index (χ0) is 15.8. The molecule has 0 spiro atoms. The van der Waals surface area contributed by atoms with Gasteiger partial charge in [0, 0.05) is 26.7 Å². The molecule has 1 aliphatic heterocycles. The standard InChI is InChI=1S/C16H25N3O2S.HI/c1-3-21-15(20)14-5-4-9-19(11-14)16(17-2)18-8-6-13-7-10-22-12-13;/h7,10,12,14H,3-6,8-9,11H2,1-2H3,(H,17,18);1H/t14-;/m0./s1. The van der Waals surface area contributed by atoms with E-state index in [-0.39, 0.29) is 35.9 Å². The van der Waals surface area contributed by atoms with Gasteiger partial charge in [-0.25, -0.2) is 0 Å². The molecule has 1 saturated heterocycles. The van der Waals surface area contributed by atoms with E-state index in [1.54, 1.807) is 18.4 Å². The Morgan fingerprint density at radius 2 is 2.39 bits per heavy atom. The quantitative estimate of drug-likeness (QED) is 0.324. The molecule has 23 heavy (non-hydrogen) atoms. The normalized spacial score (nSPS) is 18.3. The van der Waals surface area contributed by atoms with Crippen LogP contribution in [0.25, 0.3) is 0 Å². The van der Waals surface area contributed by atoms with Gasteiger partial charge >= 0.3 is 5.97 Å². The van der Waals surface area contributed by atoms with E-state index in [2.05, 4.69) is 32.0 Å². The Labute approximate surface area is 159 Å². The molecule has 2 heterocycles. The first kappa shape index (κ1) is 20.2. The summed E-state index contributed by atoms with van der Waals surface area (Å²) in [7, 11) is 1.79. The summed E-state index contributed by atoms with van der Waals surface area (Å²) >= 11 is 1.72.